The molecule has 4 heteroatoms. The number of methoxy groups -OCH3 is 1. The van der Waals surface area contributed by atoms with Gasteiger partial charge in [-0.25, -0.2) is 0 Å². The van der Waals surface area contributed by atoms with Crippen molar-refractivity contribution in [2.45, 2.75) is 52.4 Å². The van der Waals surface area contributed by atoms with Gasteiger partial charge in [-0.2, -0.15) is 0 Å². The molecule has 25 heavy (non-hydrogen) atoms. The van der Waals surface area contributed by atoms with Crippen LogP contribution >= 0.6 is 23.2 Å². The van der Waals surface area contributed by atoms with Gasteiger partial charge in [0, 0.05) is 11.1 Å². The highest BCUT2D eigenvalue weighted by molar-refractivity contribution is 6.32. The van der Waals surface area contributed by atoms with Crippen molar-refractivity contribution >= 4 is 23.2 Å². The molecule has 0 fully saturated rings. The van der Waals surface area contributed by atoms with Gasteiger partial charge in [0.1, 0.15) is 11.5 Å². The van der Waals surface area contributed by atoms with Crippen LogP contribution in [0, 0.1) is 0 Å². The number of phenols is 1. The van der Waals surface area contributed by atoms with E-state index in [4.69, 9.17) is 27.9 Å². The molecule has 0 spiro atoms. The van der Waals surface area contributed by atoms with Crippen LogP contribution in [0.1, 0.15) is 52.7 Å². The molecule has 2 rings (SSSR count). The van der Waals surface area contributed by atoms with E-state index in [-0.39, 0.29) is 16.6 Å². The Morgan fingerprint density at radius 2 is 1.20 bits per heavy atom. The zero-order chi connectivity index (χ0) is 19.4. The number of hydrogen-bond donors (Lipinski definition) is 1. The zero-order valence-electron chi connectivity index (χ0n) is 16.1. The third-order valence-corrected chi connectivity index (χ3v) is 4.38. The van der Waals surface area contributed by atoms with Crippen molar-refractivity contribution in [1.82, 2.24) is 0 Å². The van der Waals surface area contributed by atoms with Gasteiger partial charge < -0.3 is 9.84 Å². The molecule has 0 bridgehead atoms. The van der Waals surface area contributed by atoms with Gasteiger partial charge >= 0.3 is 0 Å². The Morgan fingerprint density at radius 1 is 0.760 bits per heavy atom. The topological polar surface area (TPSA) is 29.5 Å². The quantitative estimate of drug-likeness (QED) is 0.575. The Bertz CT molecular complexity index is 711. The number of halogens is 2. The van der Waals surface area contributed by atoms with E-state index >= 15 is 0 Å². The Kier molecular flexibility index (Phi) is 7.22. The highest BCUT2D eigenvalue weighted by Gasteiger charge is 2.20. The third kappa shape index (κ3) is 5.83. The van der Waals surface area contributed by atoms with Gasteiger partial charge in [-0.1, -0.05) is 89.0 Å². The Hall–Kier alpha value is -1.38. The predicted molar refractivity (Wildman–Crippen MR) is 109 cm³/mol. The summed E-state index contributed by atoms with van der Waals surface area (Å²) in [6.07, 6.45) is 0. The molecule has 1 N–H and O–H groups in total. The summed E-state index contributed by atoms with van der Waals surface area (Å²) in [6.45, 7) is 12.5. The predicted octanol–water partition coefficient (Wildman–Crippen LogP) is 6.99. The maximum atomic E-state index is 9.60. The summed E-state index contributed by atoms with van der Waals surface area (Å²) in [5.41, 5.74) is 2.03. The Morgan fingerprint density at radius 3 is 1.56 bits per heavy atom. The number of aromatic hydroxyl groups is 1. The molecular formula is C21H28Cl2O2. The van der Waals surface area contributed by atoms with E-state index in [0.717, 1.165) is 16.9 Å². The first-order valence-corrected chi connectivity index (χ1v) is 8.96. The number of phenolic OH excluding ortho intramolecular Hbond substituents is 1. The minimum Gasteiger partial charge on any atom is -0.506 e. The number of benzene rings is 2. The fourth-order valence-electron chi connectivity index (χ4n) is 2.43. The van der Waals surface area contributed by atoms with E-state index in [9.17, 15) is 5.11 Å². The lowest BCUT2D eigenvalue weighted by molar-refractivity contribution is 0.398. The van der Waals surface area contributed by atoms with Crippen LogP contribution in [-0.4, -0.2) is 12.2 Å². The van der Waals surface area contributed by atoms with Gasteiger partial charge in [0.2, 0.25) is 0 Å². The maximum Gasteiger partial charge on any atom is 0.141 e. The molecule has 0 radical (unpaired) electrons. The summed E-state index contributed by atoms with van der Waals surface area (Å²) in [4.78, 5) is 0. The second kappa shape index (κ2) is 8.33. The van der Waals surface area contributed by atoms with Crippen molar-refractivity contribution in [3.05, 3.63) is 57.6 Å². The highest BCUT2D eigenvalue weighted by atomic mass is 35.5. The van der Waals surface area contributed by atoms with E-state index in [2.05, 4.69) is 20.8 Å². The second-order valence-corrected chi connectivity index (χ2v) is 8.77. The molecule has 2 aromatic rings. The van der Waals surface area contributed by atoms with Crippen molar-refractivity contribution in [3.8, 4) is 11.5 Å². The van der Waals surface area contributed by atoms with Gasteiger partial charge in [0.15, 0.2) is 0 Å². The summed E-state index contributed by atoms with van der Waals surface area (Å²) >= 11 is 11.8. The van der Waals surface area contributed by atoms with E-state index in [1.165, 1.54) is 0 Å². The number of ether oxygens (including phenoxy) is 1. The van der Waals surface area contributed by atoms with Crippen LogP contribution in [0.4, 0.5) is 0 Å². The molecule has 0 aliphatic rings. The second-order valence-electron chi connectivity index (χ2n) is 7.96. The molecule has 2 aromatic carbocycles. The number of para-hydroxylation sites is 2. The maximum absolute atomic E-state index is 9.60. The standard InChI is InChI=1S/C11H15ClO.C10H13ClO/c1-11(2,3)8-6-5-7-9(12)10(8)13-4;1-10(2,3)7-5-4-6-8(11)9(7)12/h5-7H,1-4H3;4-6,12H,1-3H3. The highest BCUT2D eigenvalue weighted by Crippen LogP contribution is 2.36. The van der Waals surface area contributed by atoms with E-state index in [0.29, 0.717) is 10.0 Å². The first-order valence-electron chi connectivity index (χ1n) is 8.20. The number of hydrogen-bond acceptors (Lipinski definition) is 2. The Balaban J connectivity index is 0.000000251. The fraction of sp³-hybridized carbons (Fsp3) is 0.429. The lowest BCUT2D eigenvalue weighted by atomic mass is 9.86. The molecule has 0 aliphatic carbocycles. The molecule has 0 saturated heterocycles. The summed E-state index contributed by atoms with van der Waals surface area (Å²) in [5, 5.41) is 10.7. The van der Waals surface area contributed by atoms with Gasteiger partial charge in [-0.05, 0) is 23.0 Å². The molecular weight excluding hydrogens is 355 g/mol. The summed E-state index contributed by atoms with van der Waals surface area (Å²) in [5.74, 6) is 0.989. The van der Waals surface area contributed by atoms with Gasteiger partial charge in [-0.15, -0.1) is 0 Å². The van der Waals surface area contributed by atoms with E-state index in [1.54, 1.807) is 13.2 Å². The molecule has 0 aliphatic heterocycles. The largest absolute Gasteiger partial charge is 0.506 e. The summed E-state index contributed by atoms with van der Waals surface area (Å²) < 4.78 is 5.27. The smallest absolute Gasteiger partial charge is 0.141 e. The average molecular weight is 383 g/mol. The third-order valence-electron chi connectivity index (χ3n) is 3.77. The molecule has 0 unspecified atom stereocenters. The van der Waals surface area contributed by atoms with Crippen molar-refractivity contribution < 1.29 is 9.84 Å². The van der Waals surface area contributed by atoms with Gasteiger partial charge in [-0.3, -0.25) is 0 Å². The van der Waals surface area contributed by atoms with Gasteiger partial charge in [0.25, 0.3) is 0 Å². The monoisotopic (exact) mass is 382 g/mol. The minimum atomic E-state index is -0.0605. The average Bonchev–Trinajstić information content (AvgIpc) is 2.48. The van der Waals surface area contributed by atoms with Crippen LogP contribution in [0.25, 0.3) is 0 Å². The molecule has 0 saturated carbocycles. The lowest BCUT2D eigenvalue weighted by Gasteiger charge is -2.22. The van der Waals surface area contributed by atoms with Crippen LogP contribution in [0.3, 0.4) is 0 Å². The van der Waals surface area contributed by atoms with Crippen LogP contribution < -0.4 is 4.74 Å². The molecule has 138 valence electrons. The van der Waals surface area contributed by atoms with E-state index in [1.807, 2.05) is 51.1 Å². The lowest BCUT2D eigenvalue weighted by Crippen LogP contribution is -2.12. The zero-order valence-corrected chi connectivity index (χ0v) is 17.6. The van der Waals surface area contributed by atoms with Crippen molar-refractivity contribution in [2.75, 3.05) is 7.11 Å². The van der Waals surface area contributed by atoms with Crippen LogP contribution in [-0.2, 0) is 10.8 Å². The first kappa shape index (κ1) is 21.7. The van der Waals surface area contributed by atoms with Crippen molar-refractivity contribution in [1.29, 1.82) is 0 Å². The molecule has 2 nitrogen and oxygen atoms in total. The summed E-state index contributed by atoms with van der Waals surface area (Å²) in [7, 11) is 1.65. The molecule has 0 aromatic heterocycles. The fourth-order valence-corrected chi connectivity index (χ4v) is 2.85. The van der Waals surface area contributed by atoms with Crippen molar-refractivity contribution in [3.63, 3.8) is 0 Å². The minimum absolute atomic E-state index is 0.0605. The summed E-state index contributed by atoms with van der Waals surface area (Å²) in [6, 6.07) is 11.3. The molecule has 0 atom stereocenters. The Labute approximate surface area is 161 Å². The molecule has 0 heterocycles. The van der Waals surface area contributed by atoms with Crippen LogP contribution in [0.5, 0.6) is 11.5 Å². The van der Waals surface area contributed by atoms with Crippen LogP contribution in [0.2, 0.25) is 10.0 Å². The number of rotatable bonds is 1. The van der Waals surface area contributed by atoms with Gasteiger partial charge in [0.05, 0.1) is 17.2 Å². The van der Waals surface area contributed by atoms with Crippen LogP contribution in [0.15, 0.2) is 36.4 Å². The van der Waals surface area contributed by atoms with E-state index < -0.39 is 0 Å². The first-order chi connectivity index (χ1) is 11.4. The SMILES string of the molecule is CC(C)(C)c1cccc(Cl)c1O.COc1c(Cl)cccc1C(C)(C)C. The van der Waals surface area contributed by atoms with Crippen molar-refractivity contribution in [2.24, 2.45) is 0 Å². The normalized spacial score (nSPS) is 11.6. The molecule has 0 amide bonds.